The fourth-order valence-corrected chi connectivity index (χ4v) is 5.91. The van der Waals surface area contributed by atoms with Gasteiger partial charge in [0, 0.05) is 30.6 Å². The van der Waals surface area contributed by atoms with Crippen LogP contribution in [0.25, 0.3) is 0 Å². The Morgan fingerprint density at radius 3 is 2.52 bits per heavy atom. The van der Waals surface area contributed by atoms with E-state index in [4.69, 9.17) is 0 Å². The maximum absolute atomic E-state index is 12.8. The van der Waals surface area contributed by atoms with Gasteiger partial charge in [0.05, 0.1) is 4.90 Å². The van der Waals surface area contributed by atoms with Crippen LogP contribution < -0.4 is 10.0 Å². The van der Waals surface area contributed by atoms with Crippen LogP contribution in [0.2, 0.25) is 0 Å². The van der Waals surface area contributed by atoms with Crippen molar-refractivity contribution < 1.29 is 13.2 Å². The zero-order valence-electron chi connectivity index (χ0n) is 18.3. The molecule has 0 spiro atoms. The lowest BCUT2D eigenvalue weighted by atomic mass is 9.97. The van der Waals surface area contributed by atoms with E-state index in [0.29, 0.717) is 23.7 Å². The molecule has 1 fully saturated rings. The summed E-state index contributed by atoms with van der Waals surface area (Å²) in [5, 5.41) is 2.68. The predicted octanol–water partition coefficient (Wildman–Crippen LogP) is 3.87. The van der Waals surface area contributed by atoms with Crippen LogP contribution in [-0.4, -0.2) is 45.1 Å². The first kappa shape index (κ1) is 23.8. The smallest absolute Gasteiger partial charge is 0.240 e. The summed E-state index contributed by atoms with van der Waals surface area (Å²) < 4.78 is 28.4. The number of benzene rings is 2. The van der Waals surface area contributed by atoms with Gasteiger partial charge in [-0.2, -0.15) is 0 Å². The Balaban J connectivity index is 1.52. The first-order chi connectivity index (χ1) is 14.8. The van der Waals surface area contributed by atoms with Crippen LogP contribution in [0.4, 0.5) is 5.69 Å². The van der Waals surface area contributed by atoms with Gasteiger partial charge in [-0.25, -0.2) is 13.1 Å². The van der Waals surface area contributed by atoms with Gasteiger partial charge in [-0.15, -0.1) is 11.8 Å². The van der Waals surface area contributed by atoms with Gasteiger partial charge in [-0.05, 0) is 80.4 Å². The van der Waals surface area contributed by atoms with Crippen LogP contribution >= 0.6 is 11.8 Å². The number of likely N-dealkylation sites (tertiary alicyclic amines) is 1. The number of piperidine rings is 1. The van der Waals surface area contributed by atoms with E-state index in [0.717, 1.165) is 32.5 Å². The topological polar surface area (TPSA) is 78.5 Å². The molecule has 2 N–H and O–H groups in total. The molecule has 2 aromatic carbocycles. The summed E-state index contributed by atoms with van der Waals surface area (Å²) in [6, 6.07) is 13.4. The molecule has 1 saturated heterocycles. The molecule has 3 rings (SSSR count). The molecule has 0 unspecified atom stereocenters. The molecule has 1 aliphatic heterocycles. The van der Waals surface area contributed by atoms with E-state index in [1.54, 1.807) is 36.9 Å². The summed E-state index contributed by atoms with van der Waals surface area (Å²) in [4.78, 5) is 15.2. The summed E-state index contributed by atoms with van der Waals surface area (Å²) in [6.07, 6.45) is 4.06. The lowest BCUT2D eigenvalue weighted by Gasteiger charge is -2.32. The Labute approximate surface area is 189 Å². The molecule has 0 radical (unpaired) electrons. The van der Waals surface area contributed by atoms with Gasteiger partial charge in [0.15, 0.2) is 0 Å². The molecule has 168 valence electrons. The molecule has 2 aromatic rings. The highest BCUT2D eigenvalue weighted by molar-refractivity contribution is 7.98. The largest absolute Gasteiger partial charge is 0.326 e. The lowest BCUT2D eigenvalue weighted by molar-refractivity contribution is -0.114. The van der Waals surface area contributed by atoms with Crippen LogP contribution in [-0.2, 0) is 21.4 Å². The number of carbonyl (C=O) groups excluding carboxylic acids is 1. The number of anilines is 1. The Bertz CT molecular complexity index is 1020. The number of nitrogens with one attached hydrogen (secondary N) is 2. The second-order valence-electron chi connectivity index (χ2n) is 8.04. The van der Waals surface area contributed by atoms with Gasteiger partial charge < -0.3 is 5.32 Å². The van der Waals surface area contributed by atoms with Crippen molar-refractivity contribution >= 4 is 33.4 Å². The van der Waals surface area contributed by atoms with E-state index in [2.05, 4.69) is 45.5 Å². The minimum absolute atomic E-state index is 0.184. The number of aryl methyl sites for hydroxylation is 1. The first-order valence-corrected chi connectivity index (χ1v) is 13.2. The van der Waals surface area contributed by atoms with Crippen molar-refractivity contribution in [2.75, 3.05) is 31.2 Å². The summed E-state index contributed by atoms with van der Waals surface area (Å²) in [5.41, 5.74) is 2.56. The lowest BCUT2D eigenvalue weighted by Crippen LogP contribution is -2.38. The number of amides is 1. The number of rotatable bonds is 8. The molecular formula is C23H31N3O3S2. The van der Waals surface area contributed by atoms with Gasteiger partial charge in [-0.1, -0.05) is 18.2 Å². The molecule has 0 saturated carbocycles. The molecule has 0 aliphatic carbocycles. The van der Waals surface area contributed by atoms with E-state index in [1.165, 1.54) is 17.4 Å². The molecule has 31 heavy (non-hydrogen) atoms. The SMILES string of the molecule is CSc1ccccc1CN1CCC(CNS(=O)(=O)c2ccc(NC(C)=O)cc2C)CC1. The average molecular weight is 462 g/mol. The quantitative estimate of drug-likeness (QED) is 0.584. The highest BCUT2D eigenvalue weighted by Crippen LogP contribution is 2.25. The highest BCUT2D eigenvalue weighted by atomic mass is 32.2. The van der Waals surface area contributed by atoms with Crippen LogP contribution in [0.15, 0.2) is 52.3 Å². The summed E-state index contributed by atoms with van der Waals surface area (Å²) >= 11 is 1.77. The van der Waals surface area contributed by atoms with Crippen LogP contribution in [0, 0.1) is 12.8 Å². The Kier molecular flexibility index (Phi) is 8.16. The fourth-order valence-electron chi connectivity index (χ4n) is 3.96. The Morgan fingerprint density at radius 1 is 1.16 bits per heavy atom. The molecule has 1 aliphatic rings. The normalized spacial score (nSPS) is 15.7. The molecule has 1 amide bonds. The van der Waals surface area contributed by atoms with Crippen LogP contribution in [0.1, 0.15) is 30.9 Å². The summed E-state index contributed by atoms with van der Waals surface area (Å²) in [5.74, 6) is 0.150. The van der Waals surface area contributed by atoms with Gasteiger partial charge >= 0.3 is 0 Å². The minimum atomic E-state index is -3.59. The summed E-state index contributed by atoms with van der Waals surface area (Å²) in [6.45, 7) is 6.50. The van der Waals surface area contributed by atoms with Crippen molar-refractivity contribution in [2.45, 2.75) is 43.0 Å². The molecule has 0 bridgehead atoms. The number of carbonyl (C=O) groups is 1. The number of hydrogen-bond donors (Lipinski definition) is 2. The molecule has 8 heteroatoms. The van der Waals surface area contributed by atoms with E-state index in [-0.39, 0.29) is 10.8 Å². The van der Waals surface area contributed by atoms with E-state index < -0.39 is 10.0 Å². The van der Waals surface area contributed by atoms with Crippen molar-refractivity contribution in [1.29, 1.82) is 0 Å². The Morgan fingerprint density at radius 2 is 1.87 bits per heavy atom. The standard InChI is InChI=1S/C23H31N3O3S2/c1-17-14-21(25-18(2)27)8-9-23(17)31(28,29)24-15-19-10-12-26(13-11-19)16-20-6-4-5-7-22(20)30-3/h4-9,14,19,24H,10-13,15-16H2,1-3H3,(H,25,27). The second-order valence-corrected chi connectivity index (χ2v) is 10.6. The van der Waals surface area contributed by atoms with Crippen molar-refractivity contribution in [3.05, 3.63) is 53.6 Å². The Hall–Kier alpha value is -1.87. The zero-order chi connectivity index (χ0) is 22.4. The highest BCUT2D eigenvalue weighted by Gasteiger charge is 2.23. The molecule has 6 nitrogen and oxygen atoms in total. The van der Waals surface area contributed by atoms with Gasteiger partial charge in [0.2, 0.25) is 15.9 Å². The third kappa shape index (κ3) is 6.55. The first-order valence-electron chi connectivity index (χ1n) is 10.5. The zero-order valence-corrected chi connectivity index (χ0v) is 20.0. The predicted molar refractivity (Wildman–Crippen MR) is 127 cm³/mol. The molecule has 1 heterocycles. The number of hydrogen-bond acceptors (Lipinski definition) is 5. The summed E-state index contributed by atoms with van der Waals surface area (Å²) in [7, 11) is -3.59. The van der Waals surface area contributed by atoms with E-state index in [1.807, 2.05) is 0 Å². The van der Waals surface area contributed by atoms with Crippen molar-refractivity contribution in [2.24, 2.45) is 5.92 Å². The van der Waals surface area contributed by atoms with E-state index >= 15 is 0 Å². The minimum Gasteiger partial charge on any atom is -0.326 e. The third-order valence-electron chi connectivity index (χ3n) is 5.64. The number of thioether (sulfide) groups is 1. The maximum Gasteiger partial charge on any atom is 0.240 e. The van der Waals surface area contributed by atoms with Gasteiger partial charge in [-0.3, -0.25) is 9.69 Å². The number of sulfonamides is 1. The molecule has 0 aromatic heterocycles. The van der Waals surface area contributed by atoms with E-state index in [9.17, 15) is 13.2 Å². The van der Waals surface area contributed by atoms with Gasteiger partial charge in [0.25, 0.3) is 0 Å². The van der Waals surface area contributed by atoms with Gasteiger partial charge in [0.1, 0.15) is 0 Å². The monoisotopic (exact) mass is 461 g/mol. The maximum atomic E-state index is 12.8. The fraction of sp³-hybridized carbons (Fsp3) is 0.435. The second kappa shape index (κ2) is 10.6. The van der Waals surface area contributed by atoms with Crippen LogP contribution in [0.5, 0.6) is 0 Å². The van der Waals surface area contributed by atoms with Crippen molar-refractivity contribution in [1.82, 2.24) is 9.62 Å². The van der Waals surface area contributed by atoms with Crippen LogP contribution in [0.3, 0.4) is 0 Å². The molecule has 0 atom stereocenters. The van der Waals surface area contributed by atoms with Crippen molar-refractivity contribution in [3.8, 4) is 0 Å². The third-order valence-corrected chi connectivity index (χ3v) is 8.06. The average Bonchev–Trinajstić information content (AvgIpc) is 2.73. The molecular weight excluding hydrogens is 430 g/mol. The number of nitrogens with zero attached hydrogens (tertiary/aromatic N) is 1. The van der Waals surface area contributed by atoms with Crippen molar-refractivity contribution in [3.63, 3.8) is 0 Å².